The minimum absolute atomic E-state index is 0.0985. The van der Waals surface area contributed by atoms with Gasteiger partial charge in [0.1, 0.15) is 0 Å². The minimum Gasteiger partial charge on any atom is -0.465 e. The molecule has 7 heteroatoms. The van der Waals surface area contributed by atoms with E-state index in [0.717, 1.165) is 10.8 Å². The number of rotatable bonds is 3. The van der Waals surface area contributed by atoms with Crippen LogP contribution in [0.4, 0.5) is 4.79 Å². The molecule has 2 fully saturated rings. The standard InChI is InChI=1S/C16H16N2O4S/c19-16(20)18-8-13-14(9-18)15(13)17-23(21,22)12-6-5-10-3-1-2-4-11(10)7-12/h1-7,13-15,17H,8-9H2,(H,19,20). The second-order valence-electron chi connectivity index (χ2n) is 6.17. The number of nitrogens with zero attached hydrogens (tertiary/aromatic N) is 1. The van der Waals surface area contributed by atoms with Gasteiger partial charge in [0.05, 0.1) is 4.90 Å². The summed E-state index contributed by atoms with van der Waals surface area (Å²) in [6.07, 6.45) is -0.937. The summed E-state index contributed by atoms with van der Waals surface area (Å²) < 4.78 is 27.8. The molecule has 0 spiro atoms. The van der Waals surface area contributed by atoms with E-state index in [4.69, 9.17) is 5.11 Å². The molecule has 2 aliphatic rings. The smallest absolute Gasteiger partial charge is 0.407 e. The Kier molecular flexibility index (Phi) is 3.11. The van der Waals surface area contributed by atoms with Crippen LogP contribution in [0.1, 0.15) is 0 Å². The predicted molar refractivity (Wildman–Crippen MR) is 84.6 cm³/mol. The molecular formula is C16H16N2O4S. The Hall–Kier alpha value is -2.12. The van der Waals surface area contributed by atoms with Gasteiger partial charge in [-0.1, -0.05) is 30.3 Å². The van der Waals surface area contributed by atoms with Crippen LogP contribution in [0.5, 0.6) is 0 Å². The molecule has 1 amide bonds. The summed E-state index contributed by atoms with van der Waals surface area (Å²) in [6.45, 7) is 0.815. The van der Waals surface area contributed by atoms with Crippen molar-refractivity contribution >= 4 is 26.9 Å². The zero-order valence-electron chi connectivity index (χ0n) is 12.2. The SMILES string of the molecule is O=C(O)N1CC2C(C1)C2NS(=O)(=O)c1ccc2ccccc2c1. The summed E-state index contributed by atoms with van der Waals surface area (Å²) in [6, 6.07) is 12.5. The summed E-state index contributed by atoms with van der Waals surface area (Å²) in [5.41, 5.74) is 0. The third-order valence-corrected chi connectivity index (χ3v) is 6.24. The lowest BCUT2D eigenvalue weighted by atomic mass is 10.1. The highest BCUT2D eigenvalue weighted by Crippen LogP contribution is 2.46. The van der Waals surface area contributed by atoms with Gasteiger partial charge in [-0.3, -0.25) is 0 Å². The fourth-order valence-corrected chi connectivity index (χ4v) is 4.81. The van der Waals surface area contributed by atoms with Gasteiger partial charge in [0.2, 0.25) is 10.0 Å². The monoisotopic (exact) mass is 332 g/mol. The van der Waals surface area contributed by atoms with E-state index in [1.54, 1.807) is 18.2 Å². The van der Waals surface area contributed by atoms with Gasteiger partial charge in [0.25, 0.3) is 0 Å². The first-order chi connectivity index (χ1) is 11.0. The van der Waals surface area contributed by atoms with E-state index in [-0.39, 0.29) is 22.8 Å². The van der Waals surface area contributed by atoms with E-state index in [1.165, 1.54) is 4.90 Å². The highest BCUT2D eigenvalue weighted by Gasteiger charge is 2.58. The van der Waals surface area contributed by atoms with Crippen LogP contribution in [-0.4, -0.2) is 43.6 Å². The number of fused-ring (bicyclic) bond motifs is 2. The number of benzene rings is 2. The van der Waals surface area contributed by atoms with Crippen molar-refractivity contribution in [3.05, 3.63) is 42.5 Å². The molecule has 2 unspecified atom stereocenters. The Labute approximate surface area is 133 Å². The molecule has 2 aromatic carbocycles. The van der Waals surface area contributed by atoms with Gasteiger partial charge in [-0.15, -0.1) is 0 Å². The molecule has 2 atom stereocenters. The molecule has 0 radical (unpaired) electrons. The first-order valence-electron chi connectivity index (χ1n) is 7.45. The van der Waals surface area contributed by atoms with Crippen LogP contribution < -0.4 is 4.72 Å². The van der Waals surface area contributed by atoms with Gasteiger partial charge >= 0.3 is 6.09 Å². The number of sulfonamides is 1. The second-order valence-corrected chi connectivity index (χ2v) is 7.89. The van der Waals surface area contributed by atoms with Crippen LogP contribution in [-0.2, 0) is 10.0 Å². The maximum atomic E-state index is 12.5. The van der Waals surface area contributed by atoms with E-state index in [0.29, 0.717) is 13.1 Å². The molecule has 6 nitrogen and oxygen atoms in total. The van der Waals surface area contributed by atoms with E-state index < -0.39 is 16.1 Å². The number of carboxylic acid groups (broad SMARTS) is 1. The van der Waals surface area contributed by atoms with Crippen molar-refractivity contribution in [2.24, 2.45) is 11.8 Å². The molecule has 23 heavy (non-hydrogen) atoms. The van der Waals surface area contributed by atoms with E-state index in [9.17, 15) is 13.2 Å². The van der Waals surface area contributed by atoms with Crippen molar-refractivity contribution < 1.29 is 18.3 Å². The third-order valence-electron chi connectivity index (χ3n) is 4.79. The van der Waals surface area contributed by atoms with Crippen molar-refractivity contribution in [2.45, 2.75) is 10.9 Å². The van der Waals surface area contributed by atoms with Gasteiger partial charge in [-0.2, -0.15) is 0 Å². The highest BCUT2D eigenvalue weighted by atomic mass is 32.2. The van der Waals surface area contributed by atoms with Gasteiger partial charge in [-0.25, -0.2) is 17.9 Å². The van der Waals surface area contributed by atoms with Crippen molar-refractivity contribution in [3.63, 3.8) is 0 Å². The molecule has 120 valence electrons. The molecule has 0 bridgehead atoms. The van der Waals surface area contributed by atoms with Crippen LogP contribution >= 0.6 is 0 Å². The van der Waals surface area contributed by atoms with E-state index in [1.807, 2.05) is 24.3 Å². The normalized spacial score (nSPS) is 26.3. The zero-order chi connectivity index (χ0) is 16.2. The Morgan fingerprint density at radius 2 is 1.74 bits per heavy atom. The van der Waals surface area contributed by atoms with Gasteiger partial charge in [0, 0.05) is 19.1 Å². The molecule has 0 aromatic heterocycles. The number of hydrogen-bond donors (Lipinski definition) is 2. The number of piperidine rings is 1. The number of hydrogen-bond acceptors (Lipinski definition) is 3. The summed E-state index contributed by atoms with van der Waals surface area (Å²) in [4.78, 5) is 12.5. The molecule has 1 heterocycles. The number of nitrogens with one attached hydrogen (secondary N) is 1. The maximum absolute atomic E-state index is 12.5. The summed E-state index contributed by atoms with van der Waals surface area (Å²) in [7, 11) is -3.58. The van der Waals surface area contributed by atoms with Crippen molar-refractivity contribution in [1.82, 2.24) is 9.62 Å². The molecule has 2 aromatic rings. The summed E-state index contributed by atoms with van der Waals surface area (Å²) in [5.74, 6) is 0.197. The first kappa shape index (κ1) is 14.5. The Balaban J connectivity index is 1.52. The lowest BCUT2D eigenvalue weighted by molar-refractivity contribution is 0.150. The van der Waals surface area contributed by atoms with Gasteiger partial charge < -0.3 is 10.0 Å². The van der Waals surface area contributed by atoms with Crippen LogP contribution in [0, 0.1) is 11.8 Å². The summed E-state index contributed by atoms with van der Waals surface area (Å²) in [5, 5.41) is 10.8. The average molecular weight is 332 g/mol. The predicted octanol–water partition coefficient (Wildman–Crippen LogP) is 1.73. The van der Waals surface area contributed by atoms with Crippen LogP contribution in [0.15, 0.2) is 47.4 Å². The second kappa shape index (κ2) is 4.94. The van der Waals surface area contributed by atoms with Crippen LogP contribution in [0.25, 0.3) is 10.8 Å². The fourth-order valence-electron chi connectivity index (χ4n) is 3.44. The van der Waals surface area contributed by atoms with Crippen molar-refractivity contribution in [3.8, 4) is 0 Å². The van der Waals surface area contributed by atoms with Crippen LogP contribution in [0.2, 0.25) is 0 Å². The number of carbonyl (C=O) groups is 1. The minimum atomic E-state index is -3.58. The fraction of sp³-hybridized carbons (Fsp3) is 0.312. The largest absolute Gasteiger partial charge is 0.465 e. The van der Waals surface area contributed by atoms with E-state index >= 15 is 0 Å². The Morgan fingerprint density at radius 1 is 1.09 bits per heavy atom. The molecule has 4 rings (SSSR count). The molecule has 1 aliphatic heterocycles. The third kappa shape index (κ3) is 2.46. The van der Waals surface area contributed by atoms with Crippen molar-refractivity contribution in [2.75, 3.05) is 13.1 Å². The Morgan fingerprint density at radius 3 is 2.39 bits per heavy atom. The molecule has 2 N–H and O–H groups in total. The zero-order valence-corrected chi connectivity index (χ0v) is 13.0. The Bertz CT molecular complexity index is 884. The van der Waals surface area contributed by atoms with E-state index in [2.05, 4.69) is 4.72 Å². The molecule has 1 saturated carbocycles. The topological polar surface area (TPSA) is 86.7 Å². The molecule has 1 aliphatic carbocycles. The molecule has 1 saturated heterocycles. The summed E-state index contributed by atoms with van der Waals surface area (Å²) >= 11 is 0. The quantitative estimate of drug-likeness (QED) is 0.896. The lowest BCUT2D eigenvalue weighted by Gasteiger charge is -2.16. The van der Waals surface area contributed by atoms with Gasteiger partial charge in [0.15, 0.2) is 0 Å². The number of amides is 1. The van der Waals surface area contributed by atoms with Gasteiger partial charge in [-0.05, 0) is 34.7 Å². The van der Waals surface area contributed by atoms with Crippen molar-refractivity contribution in [1.29, 1.82) is 0 Å². The number of likely N-dealkylation sites (tertiary alicyclic amines) is 1. The maximum Gasteiger partial charge on any atom is 0.407 e. The molecular weight excluding hydrogens is 316 g/mol. The lowest BCUT2D eigenvalue weighted by Crippen LogP contribution is -2.36. The average Bonchev–Trinajstić information content (AvgIpc) is 2.97. The highest BCUT2D eigenvalue weighted by molar-refractivity contribution is 7.89. The first-order valence-corrected chi connectivity index (χ1v) is 8.93. The van der Waals surface area contributed by atoms with Crippen LogP contribution in [0.3, 0.4) is 0 Å².